The number of aromatic carboxylic acids is 1. The summed E-state index contributed by atoms with van der Waals surface area (Å²) in [6.07, 6.45) is 3.46. The summed E-state index contributed by atoms with van der Waals surface area (Å²) in [6.45, 7) is 0.367. The van der Waals surface area contributed by atoms with Crippen LogP contribution in [0.15, 0.2) is 80.9 Å². The molecule has 2 N–H and O–H groups in total. The Kier molecular flexibility index (Phi) is 5.49. The van der Waals surface area contributed by atoms with Crippen LogP contribution < -0.4 is 5.43 Å². The molecule has 30 heavy (non-hydrogen) atoms. The maximum atomic E-state index is 12.2. The molecule has 0 atom stereocenters. The molecule has 0 fully saturated rings. The lowest BCUT2D eigenvalue weighted by Gasteiger charge is -2.02. The van der Waals surface area contributed by atoms with E-state index < -0.39 is 5.97 Å². The fourth-order valence-corrected chi connectivity index (χ4v) is 3.51. The average Bonchev–Trinajstić information content (AvgIpc) is 3.34. The first-order valence-corrected chi connectivity index (χ1v) is 9.79. The summed E-state index contributed by atoms with van der Waals surface area (Å²) >= 11 is 3.34. The molecule has 4 rings (SSSR count). The molecule has 0 saturated carbocycles. The number of furan rings is 1. The van der Waals surface area contributed by atoms with E-state index in [2.05, 4.69) is 26.5 Å². The maximum Gasteiger partial charge on any atom is 0.371 e. The molecule has 2 heterocycles. The standard InChI is InChI=1S/C22H16BrN3O4/c23-16-5-3-4-14(10-16)21(27)25-24-11-15-12-26(19-7-2-1-6-18(15)19)13-17-8-9-20(30-17)22(28)29/h1-12H,13H2,(H,25,27)(H,28,29)/b24-11-. The predicted molar refractivity (Wildman–Crippen MR) is 116 cm³/mol. The van der Waals surface area contributed by atoms with Gasteiger partial charge in [-0.25, -0.2) is 10.2 Å². The first-order chi connectivity index (χ1) is 14.5. The van der Waals surface area contributed by atoms with E-state index in [0.717, 1.165) is 20.9 Å². The predicted octanol–water partition coefficient (Wildman–Crippen LogP) is 4.51. The van der Waals surface area contributed by atoms with Crippen LogP contribution in [-0.4, -0.2) is 27.8 Å². The number of halogens is 1. The number of carbonyl (C=O) groups excluding carboxylic acids is 1. The normalized spacial score (nSPS) is 11.2. The summed E-state index contributed by atoms with van der Waals surface area (Å²) in [5, 5.41) is 14.1. The highest BCUT2D eigenvalue weighted by atomic mass is 79.9. The SMILES string of the molecule is O=C(N/N=C\c1cn(Cc2ccc(C(=O)O)o2)c2ccccc12)c1cccc(Br)c1. The summed E-state index contributed by atoms with van der Waals surface area (Å²) < 4.78 is 8.12. The van der Waals surface area contributed by atoms with Crippen molar-refractivity contribution in [1.82, 2.24) is 9.99 Å². The van der Waals surface area contributed by atoms with Crippen molar-refractivity contribution < 1.29 is 19.1 Å². The van der Waals surface area contributed by atoms with Crippen molar-refractivity contribution in [3.63, 3.8) is 0 Å². The number of aromatic nitrogens is 1. The summed E-state index contributed by atoms with van der Waals surface area (Å²) in [4.78, 5) is 23.3. The van der Waals surface area contributed by atoms with Gasteiger partial charge in [-0.1, -0.05) is 40.2 Å². The number of benzene rings is 2. The highest BCUT2D eigenvalue weighted by Gasteiger charge is 2.12. The number of rotatable bonds is 6. The Bertz CT molecular complexity index is 1270. The van der Waals surface area contributed by atoms with Gasteiger partial charge in [-0.2, -0.15) is 5.10 Å². The Balaban J connectivity index is 1.56. The molecule has 1 amide bonds. The topological polar surface area (TPSA) is 96.8 Å². The van der Waals surface area contributed by atoms with Gasteiger partial charge in [0.15, 0.2) is 0 Å². The highest BCUT2D eigenvalue weighted by molar-refractivity contribution is 9.10. The zero-order chi connectivity index (χ0) is 21.1. The van der Waals surface area contributed by atoms with E-state index in [1.54, 1.807) is 30.5 Å². The lowest BCUT2D eigenvalue weighted by molar-refractivity contribution is 0.0660. The second-order valence-corrected chi connectivity index (χ2v) is 7.43. The Hall–Kier alpha value is -3.65. The fourth-order valence-electron chi connectivity index (χ4n) is 3.11. The molecule has 2 aromatic heterocycles. The van der Waals surface area contributed by atoms with Crippen molar-refractivity contribution >= 4 is 44.9 Å². The van der Waals surface area contributed by atoms with E-state index in [1.807, 2.05) is 41.1 Å². The van der Waals surface area contributed by atoms with Crippen molar-refractivity contribution in [3.05, 3.63) is 94.0 Å². The van der Waals surface area contributed by atoms with Gasteiger partial charge in [0, 0.05) is 32.7 Å². The van der Waals surface area contributed by atoms with Crippen LogP contribution in [0.4, 0.5) is 0 Å². The van der Waals surface area contributed by atoms with Gasteiger partial charge in [-0.05, 0) is 36.4 Å². The summed E-state index contributed by atoms with van der Waals surface area (Å²) in [6, 6.07) is 17.9. The van der Waals surface area contributed by atoms with Crippen LogP contribution in [-0.2, 0) is 6.54 Å². The number of fused-ring (bicyclic) bond motifs is 1. The van der Waals surface area contributed by atoms with Crippen LogP contribution in [0, 0.1) is 0 Å². The van der Waals surface area contributed by atoms with Crippen molar-refractivity contribution in [2.75, 3.05) is 0 Å². The quantitative estimate of drug-likeness (QED) is 0.323. The number of hydrazone groups is 1. The molecule has 0 radical (unpaired) electrons. The Labute approximate surface area is 179 Å². The molecule has 0 aliphatic rings. The van der Waals surface area contributed by atoms with Crippen LogP contribution in [0.25, 0.3) is 10.9 Å². The van der Waals surface area contributed by atoms with E-state index in [9.17, 15) is 9.59 Å². The minimum Gasteiger partial charge on any atom is -0.475 e. The molecule has 2 aromatic carbocycles. The van der Waals surface area contributed by atoms with Crippen LogP contribution >= 0.6 is 15.9 Å². The third-order valence-electron chi connectivity index (χ3n) is 4.47. The number of hydrogen-bond donors (Lipinski definition) is 2. The third-order valence-corrected chi connectivity index (χ3v) is 4.97. The van der Waals surface area contributed by atoms with E-state index in [0.29, 0.717) is 17.9 Å². The highest BCUT2D eigenvalue weighted by Crippen LogP contribution is 2.22. The van der Waals surface area contributed by atoms with E-state index in [4.69, 9.17) is 9.52 Å². The van der Waals surface area contributed by atoms with Crippen LogP contribution in [0.3, 0.4) is 0 Å². The molecule has 4 aromatic rings. The maximum absolute atomic E-state index is 12.2. The molecule has 0 unspecified atom stereocenters. The molecule has 150 valence electrons. The number of nitrogens with one attached hydrogen (secondary N) is 1. The summed E-state index contributed by atoms with van der Waals surface area (Å²) in [5.74, 6) is -0.987. The molecule has 0 spiro atoms. The molecule has 8 heteroatoms. The fraction of sp³-hybridized carbons (Fsp3) is 0.0455. The van der Waals surface area contributed by atoms with Crippen LogP contribution in [0.1, 0.15) is 32.2 Å². The largest absolute Gasteiger partial charge is 0.475 e. The van der Waals surface area contributed by atoms with Gasteiger partial charge in [0.2, 0.25) is 5.76 Å². The van der Waals surface area contributed by atoms with Gasteiger partial charge >= 0.3 is 5.97 Å². The molecule has 0 bridgehead atoms. The Morgan fingerprint density at radius 1 is 1.13 bits per heavy atom. The zero-order valence-electron chi connectivity index (χ0n) is 15.6. The van der Waals surface area contributed by atoms with Crippen molar-refractivity contribution in [3.8, 4) is 0 Å². The van der Waals surface area contributed by atoms with Crippen molar-refractivity contribution in [1.29, 1.82) is 0 Å². The molecule has 0 aliphatic carbocycles. The second kappa shape index (κ2) is 8.38. The molecule has 7 nitrogen and oxygen atoms in total. The molecular weight excluding hydrogens is 450 g/mol. The minimum atomic E-state index is -1.10. The summed E-state index contributed by atoms with van der Waals surface area (Å²) in [5.41, 5.74) is 4.77. The minimum absolute atomic E-state index is 0.0986. The van der Waals surface area contributed by atoms with E-state index in [-0.39, 0.29) is 11.7 Å². The van der Waals surface area contributed by atoms with Crippen LogP contribution in [0.2, 0.25) is 0 Å². The average molecular weight is 466 g/mol. The van der Waals surface area contributed by atoms with Crippen LogP contribution in [0.5, 0.6) is 0 Å². The van der Waals surface area contributed by atoms with Gasteiger partial charge in [0.05, 0.1) is 12.8 Å². The number of carboxylic acid groups (broad SMARTS) is 1. The Morgan fingerprint density at radius 3 is 2.73 bits per heavy atom. The monoisotopic (exact) mass is 465 g/mol. The lowest BCUT2D eigenvalue weighted by Crippen LogP contribution is -2.17. The Morgan fingerprint density at radius 2 is 1.97 bits per heavy atom. The first-order valence-electron chi connectivity index (χ1n) is 9.00. The number of nitrogens with zero attached hydrogens (tertiary/aromatic N) is 2. The second-order valence-electron chi connectivity index (χ2n) is 6.51. The lowest BCUT2D eigenvalue weighted by atomic mass is 10.2. The third kappa shape index (κ3) is 4.18. The molecular formula is C22H16BrN3O4. The number of hydrogen-bond acceptors (Lipinski definition) is 4. The number of amides is 1. The first kappa shape index (κ1) is 19.7. The van der Waals surface area contributed by atoms with Gasteiger partial charge in [0.25, 0.3) is 5.91 Å². The van der Waals surface area contributed by atoms with Gasteiger partial charge < -0.3 is 14.1 Å². The van der Waals surface area contributed by atoms with Crippen molar-refractivity contribution in [2.45, 2.75) is 6.54 Å². The van der Waals surface area contributed by atoms with Gasteiger partial charge in [-0.15, -0.1) is 0 Å². The smallest absolute Gasteiger partial charge is 0.371 e. The molecule has 0 saturated heterocycles. The number of para-hydroxylation sites is 1. The zero-order valence-corrected chi connectivity index (χ0v) is 17.2. The van der Waals surface area contributed by atoms with Gasteiger partial charge in [-0.3, -0.25) is 4.79 Å². The van der Waals surface area contributed by atoms with Crippen molar-refractivity contribution in [2.24, 2.45) is 5.10 Å². The number of carbonyl (C=O) groups is 2. The summed E-state index contributed by atoms with van der Waals surface area (Å²) in [7, 11) is 0. The van der Waals surface area contributed by atoms with E-state index >= 15 is 0 Å². The number of carboxylic acids is 1. The molecule has 0 aliphatic heterocycles. The van der Waals surface area contributed by atoms with Gasteiger partial charge in [0.1, 0.15) is 5.76 Å². The van der Waals surface area contributed by atoms with E-state index in [1.165, 1.54) is 6.07 Å².